The third-order valence-corrected chi connectivity index (χ3v) is 6.73. The Hall–Kier alpha value is -3.13. The minimum Gasteiger partial charge on any atom is -0.372 e. The molecule has 0 aromatic heterocycles. The largest absolute Gasteiger partial charge is 0.372 e. The van der Waals surface area contributed by atoms with Gasteiger partial charge in [0.2, 0.25) is 0 Å². The van der Waals surface area contributed by atoms with Crippen molar-refractivity contribution in [1.82, 2.24) is 4.90 Å². The number of rotatable bonds is 5. The average molecular weight is 451 g/mol. The number of nitro groups is 1. The summed E-state index contributed by atoms with van der Waals surface area (Å²) in [5, 5.41) is 11.9. The van der Waals surface area contributed by atoms with Gasteiger partial charge in [0.25, 0.3) is 11.6 Å². The topological polar surface area (TPSA) is 79.0 Å². The maximum Gasteiger partial charge on any atom is 0.272 e. The van der Waals surface area contributed by atoms with E-state index >= 15 is 0 Å². The average Bonchev–Trinajstić information content (AvgIpc) is 3.09. The van der Waals surface area contributed by atoms with E-state index in [1.165, 1.54) is 42.8 Å². The Kier molecular flexibility index (Phi) is 6.60. The summed E-state index contributed by atoms with van der Waals surface area (Å²) < 4.78 is 0. The van der Waals surface area contributed by atoms with Crippen molar-refractivity contribution in [2.45, 2.75) is 33.1 Å². The van der Waals surface area contributed by atoms with Crippen molar-refractivity contribution in [3.63, 3.8) is 0 Å². The lowest BCUT2D eigenvalue weighted by molar-refractivity contribution is -0.385. The second-order valence-corrected chi connectivity index (χ2v) is 8.93. The molecule has 2 aromatic carbocycles. The molecule has 4 rings (SSSR count). The first-order chi connectivity index (χ1) is 15.5. The van der Waals surface area contributed by atoms with Gasteiger partial charge in [0.05, 0.1) is 15.5 Å². The number of carbonyl (C=O) groups excluding carboxylic acids is 1. The van der Waals surface area contributed by atoms with E-state index in [4.69, 9.17) is 4.99 Å². The van der Waals surface area contributed by atoms with Gasteiger partial charge < -0.3 is 4.90 Å². The van der Waals surface area contributed by atoms with E-state index in [0.717, 1.165) is 18.8 Å². The first-order valence-electron chi connectivity index (χ1n) is 10.9. The Bertz CT molecular complexity index is 1090. The zero-order valence-corrected chi connectivity index (χ0v) is 19.1. The molecule has 0 unspecified atom stereocenters. The van der Waals surface area contributed by atoms with E-state index in [0.29, 0.717) is 27.7 Å². The summed E-state index contributed by atoms with van der Waals surface area (Å²) in [5.74, 6) is -0.135. The number of aryl methyl sites for hydroxylation is 1. The van der Waals surface area contributed by atoms with Crippen LogP contribution in [0.3, 0.4) is 0 Å². The number of aliphatic imine (C=N–C) groups is 1. The molecule has 0 aliphatic carbocycles. The van der Waals surface area contributed by atoms with Gasteiger partial charge in [-0.15, -0.1) is 0 Å². The minimum absolute atomic E-state index is 0.0461. The Morgan fingerprint density at radius 1 is 1.12 bits per heavy atom. The molecular formula is C24H26N4O3S. The van der Waals surface area contributed by atoms with Crippen LogP contribution in [0.15, 0.2) is 52.4 Å². The maximum absolute atomic E-state index is 12.9. The second-order valence-electron chi connectivity index (χ2n) is 7.92. The number of nitrogens with zero attached hydrogens (tertiary/aromatic N) is 4. The van der Waals surface area contributed by atoms with Crippen LogP contribution in [-0.4, -0.2) is 40.5 Å². The molecule has 2 fully saturated rings. The lowest BCUT2D eigenvalue weighted by atomic mass is 10.1. The Balaban J connectivity index is 1.57. The van der Waals surface area contributed by atoms with Gasteiger partial charge in [-0.2, -0.15) is 0 Å². The quantitative estimate of drug-likeness (QED) is 0.341. The number of piperidine rings is 1. The van der Waals surface area contributed by atoms with Crippen LogP contribution >= 0.6 is 11.8 Å². The van der Waals surface area contributed by atoms with E-state index in [1.54, 1.807) is 30.0 Å². The summed E-state index contributed by atoms with van der Waals surface area (Å²) in [4.78, 5) is 33.0. The van der Waals surface area contributed by atoms with Crippen molar-refractivity contribution in [2.75, 3.05) is 24.5 Å². The number of thioether (sulfide) groups is 1. The van der Waals surface area contributed by atoms with Crippen molar-refractivity contribution >= 4 is 46.0 Å². The normalized spacial score (nSPS) is 19.2. The minimum atomic E-state index is -0.403. The van der Waals surface area contributed by atoms with Gasteiger partial charge in [0.15, 0.2) is 5.17 Å². The van der Waals surface area contributed by atoms with Crippen LogP contribution in [0.5, 0.6) is 0 Å². The summed E-state index contributed by atoms with van der Waals surface area (Å²) in [6.07, 6.45) is 5.46. The predicted molar refractivity (Wildman–Crippen MR) is 130 cm³/mol. The number of amides is 1. The van der Waals surface area contributed by atoms with Crippen LogP contribution in [-0.2, 0) is 4.79 Å². The standard InChI is InChI=1S/C24H26N4O3S/c1-3-27-23(29)22(16-18-8-7-17(2)21(15-18)28(30)31)32-24(27)25-19-9-11-20(12-10-19)26-13-5-4-6-14-26/h7-12,15-16H,3-6,13-14H2,1-2H3/b22-16-,25-24?. The Morgan fingerprint density at radius 2 is 1.84 bits per heavy atom. The molecule has 0 bridgehead atoms. The highest BCUT2D eigenvalue weighted by atomic mass is 32.2. The molecule has 2 aliphatic heterocycles. The number of hydrogen-bond donors (Lipinski definition) is 0. The van der Waals surface area contributed by atoms with Crippen molar-refractivity contribution in [1.29, 1.82) is 0 Å². The molecular weight excluding hydrogens is 424 g/mol. The molecule has 2 aliphatic rings. The number of carbonyl (C=O) groups is 1. The molecule has 2 heterocycles. The highest BCUT2D eigenvalue weighted by Gasteiger charge is 2.32. The van der Waals surface area contributed by atoms with Gasteiger partial charge in [-0.25, -0.2) is 4.99 Å². The van der Waals surface area contributed by atoms with Gasteiger partial charge in [-0.3, -0.25) is 19.8 Å². The molecule has 8 heteroatoms. The fourth-order valence-electron chi connectivity index (χ4n) is 3.94. The molecule has 0 N–H and O–H groups in total. The van der Waals surface area contributed by atoms with Crippen LogP contribution in [0.2, 0.25) is 0 Å². The zero-order chi connectivity index (χ0) is 22.7. The van der Waals surface area contributed by atoms with E-state index in [1.807, 2.05) is 19.1 Å². The molecule has 0 atom stereocenters. The molecule has 0 spiro atoms. The lowest BCUT2D eigenvalue weighted by Crippen LogP contribution is -2.29. The number of likely N-dealkylation sites (N-methyl/N-ethyl adjacent to an activating group) is 1. The summed E-state index contributed by atoms with van der Waals surface area (Å²) in [6.45, 7) is 6.29. The van der Waals surface area contributed by atoms with Gasteiger partial charge in [0, 0.05) is 37.0 Å². The van der Waals surface area contributed by atoms with Gasteiger partial charge >= 0.3 is 0 Å². The van der Waals surface area contributed by atoms with Crippen molar-refractivity contribution in [2.24, 2.45) is 4.99 Å². The number of anilines is 1. The van der Waals surface area contributed by atoms with E-state index in [2.05, 4.69) is 17.0 Å². The van der Waals surface area contributed by atoms with Crippen molar-refractivity contribution in [3.8, 4) is 0 Å². The number of benzene rings is 2. The number of hydrogen-bond acceptors (Lipinski definition) is 6. The molecule has 2 aromatic rings. The van der Waals surface area contributed by atoms with Gasteiger partial charge in [0.1, 0.15) is 0 Å². The number of nitro benzene ring substituents is 1. The fourth-order valence-corrected chi connectivity index (χ4v) is 5.00. The van der Waals surface area contributed by atoms with Gasteiger partial charge in [-0.1, -0.05) is 12.1 Å². The summed E-state index contributed by atoms with van der Waals surface area (Å²) in [7, 11) is 0. The Labute approximate surface area is 192 Å². The molecule has 0 radical (unpaired) electrons. The highest BCUT2D eigenvalue weighted by Crippen LogP contribution is 2.35. The third-order valence-electron chi connectivity index (χ3n) is 5.73. The highest BCUT2D eigenvalue weighted by molar-refractivity contribution is 8.18. The summed E-state index contributed by atoms with van der Waals surface area (Å²) in [5.41, 5.74) is 3.27. The molecule has 166 valence electrons. The van der Waals surface area contributed by atoms with Crippen LogP contribution < -0.4 is 4.90 Å². The molecule has 0 saturated carbocycles. The lowest BCUT2D eigenvalue weighted by Gasteiger charge is -2.28. The van der Waals surface area contributed by atoms with Crippen LogP contribution in [0.25, 0.3) is 6.08 Å². The van der Waals surface area contributed by atoms with Crippen molar-refractivity contribution in [3.05, 3.63) is 68.6 Å². The smallest absolute Gasteiger partial charge is 0.272 e. The monoisotopic (exact) mass is 450 g/mol. The molecule has 1 amide bonds. The summed E-state index contributed by atoms with van der Waals surface area (Å²) in [6, 6.07) is 13.1. The first kappa shape index (κ1) is 22.1. The van der Waals surface area contributed by atoms with E-state index in [-0.39, 0.29) is 11.6 Å². The predicted octanol–water partition coefficient (Wildman–Crippen LogP) is 5.52. The van der Waals surface area contributed by atoms with Crippen LogP contribution in [0.4, 0.5) is 17.1 Å². The SMILES string of the molecule is CCN1C(=O)/C(=C/c2ccc(C)c([N+](=O)[O-])c2)SC1=Nc1ccc(N2CCCCC2)cc1. The van der Waals surface area contributed by atoms with Crippen LogP contribution in [0.1, 0.15) is 37.3 Å². The van der Waals surface area contributed by atoms with E-state index in [9.17, 15) is 14.9 Å². The molecule has 7 nitrogen and oxygen atoms in total. The Morgan fingerprint density at radius 3 is 2.50 bits per heavy atom. The maximum atomic E-state index is 12.9. The number of amidine groups is 1. The first-order valence-corrected chi connectivity index (χ1v) is 11.7. The third kappa shape index (κ3) is 4.70. The zero-order valence-electron chi connectivity index (χ0n) is 18.3. The van der Waals surface area contributed by atoms with Gasteiger partial charge in [-0.05, 0) is 80.8 Å². The van der Waals surface area contributed by atoms with E-state index < -0.39 is 4.92 Å². The molecule has 32 heavy (non-hydrogen) atoms. The van der Waals surface area contributed by atoms with Crippen molar-refractivity contribution < 1.29 is 9.72 Å². The van der Waals surface area contributed by atoms with Crippen LogP contribution in [0, 0.1) is 17.0 Å². The summed E-state index contributed by atoms with van der Waals surface area (Å²) >= 11 is 1.30. The fraction of sp³-hybridized carbons (Fsp3) is 0.333. The molecule has 2 saturated heterocycles. The second kappa shape index (κ2) is 9.56.